The normalized spacial score (nSPS) is 17.8. The summed E-state index contributed by atoms with van der Waals surface area (Å²) in [5, 5.41) is 3.12. The number of halogens is 1. The lowest BCUT2D eigenvalue weighted by Gasteiger charge is -2.12. The van der Waals surface area contributed by atoms with Crippen molar-refractivity contribution in [3.63, 3.8) is 0 Å². The van der Waals surface area contributed by atoms with E-state index in [4.69, 9.17) is 5.73 Å². The Balaban J connectivity index is 0.00000256. The number of hydrogen-bond acceptors (Lipinski definition) is 3. The third-order valence-corrected chi connectivity index (χ3v) is 4.52. The van der Waals surface area contributed by atoms with Crippen LogP contribution in [0.4, 0.5) is 0 Å². The summed E-state index contributed by atoms with van der Waals surface area (Å²) in [7, 11) is -2.93. The van der Waals surface area contributed by atoms with Crippen LogP contribution in [0.3, 0.4) is 0 Å². The summed E-state index contributed by atoms with van der Waals surface area (Å²) in [4.78, 5) is 4.02. The maximum atomic E-state index is 11.2. The summed E-state index contributed by atoms with van der Waals surface area (Å²) in [5.41, 5.74) is 5.67. The van der Waals surface area contributed by atoms with Crippen LogP contribution in [0.15, 0.2) is 4.99 Å². The Labute approximate surface area is 121 Å². The van der Waals surface area contributed by atoms with Crippen molar-refractivity contribution < 1.29 is 8.42 Å². The van der Waals surface area contributed by atoms with E-state index in [0.29, 0.717) is 12.0 Å². The van der Waals surface area contributed by atoms with Gasteiger partial charge in [0.05, 0.1) is 12.3 Å². The third kappa shape index (κ3) is 7.07. The van der Waals surface area contributed by atoms with Crippen LogP contribution in [0.5, 0.6) is 0 Å². The first-order chi connectivity index (χ1) is 7.53. The van der Waals surface area contributed by atoms with Crippen LogP contribution in [-0.2, 0) is 9.84 Å². The van der Waals surface area contributed by atoms with E-state index in [1.54, 1.807) is 6.92 Å². The first kappa shape index (κ1) is 16.9. The fraction of sp³-hybridized carbons (Fsp3) is 0.900. The van der Waals surface area contributed by atoms with E-state index >= 15 is 0 Å². The molecule has 0 bridgehead atoms. The molecule has 17 heavy (non-hydrogen) atoms. The minimum Gasteiger partial charge on any atom is -0.370 e. The van der Waals surface area contributed by atoms with Gasteiger partial charge >= 0.3 is 0 Å². The second kappa shape index (κ2) is 8.12. The predicted octanol–water partition coefficient (Wildman–Crippen LogP) is 0.886. The monoisotopic (exact) mass is 375 g/mol. The molecule has 1 aliphatic carbocycles. The molecular weight excluding hydrogens is 353 g/mol. The van der Waals surface area contributed by atoms with Gasteiger partial charge in [0.25, 0.3) is 0 Å². The molecule has 102 valence electrons. The molecule has 0 aromatic carbocycles. The van der Waals surface area contributed by atoms with Gasteiger partial charge in [0.15, 0.2) is 15.8 Å². The molecule has 1 saturated carbocycles. The standard InChI is InChI=1S/C10H21N3O2S.HI/c1-2-16(14,15)8-7-12-10(11)13-9-5-3-4-6-9;/h9H,2-8H2,1H3,(H3,11,12,13);1H. The van der Waals surface area contributed by atoms with Gasteiger partial charge in [-0.25, -0.2) is 8.42 Å². The first-order valence-electron chi connectivity index (χ1n) is 5.80. The van der Waals surface area contributed by atoms with Gasteiger partial charge in [0, 0.05) is 11.8 Å². The highest BCUT2D eigenvalue weighted by atomic mass is 127. The van der Waals surface area contributed by atoms with Crippen LogP contribution < -0.4 is 11.1 Å². The molecule has 0 aromatic rings. The van der Waals surface area contributed by atoms with Crippen molar-refractivity contribution in [3.8, 4) is 0 Å². The SMILES string of the molecule is CCS(=O)(=O)CCN=C(N)NC1CCCC1.I. The van der Waals surface area contributed by atoms with E-state index < -0.39 is 9.84 Å². The lowest BCUT2D eigenvalue weighted by molar-refractivity contribution is 0.596. The molecule has 1 fully saturated rings. The van der Waals surface area contributed by atoms with E-state index in [1.165, 1.54) is 12.8 Å². The van der Waals surface area contributed by atoms with Crippen LogP contribution in [0.1, 0.15) is 32.6 Å². The summed E-state index contributed by atoms with van der Waals surface area (Å²) in [6.45, 7) is 1.89. The summed E-state index contributed by atoms with van der Waals surface area (Å²) < 4.78 is 22.4. The van der Waals surface area contributed by atoms with Gasteiger partial charge in [0.2, 0.25) is 0 Å². The van der Waals surface area contributed by atoms with E-state index in [-0.39, 0.29) is 42.0 Å². The molecule has 0 aliphatic heterocycles. The van der Waals surface area contributed by atoms with Crippen LogP contribution in [0.2, 0.25) is 0 Å². The van der Waals surface area contributed by atoms with Crippen LogP contribution in [-0.4, -0.2) is 38.5 Å². The molecule has 0 saturated heterocycles. The number of nitrogens with zero attached hydrogens (tertiary/aromatic N) is 1. The molecule has 7 heteroatoms. The molecule has 3 N–H and O–H groups in total. The van der Waals surface area contributed by atoms with E-state index in [9.17, 15) is 8.42 Å². The minimum absolute atomic E-state index is 0. The lowest BCUT2D eigenvalue weighted by Crippen LogP contribution is -2.38. The fourth-order valence-corrected chi connectivity index (χ4v) is 2.43. The maximum absolute atomic E-state index is 11.2. The number of nitrogens with one attached hydrogen (secondary N) is 1. The Bertz CT molecular complexity index is 337. The Morgan fingerprint density at radius 2 is 2.00 bits per heavy atom. The fourth-order valence-electron chi connectivity index (χ4n) is 1.77. The molecule has 0 atom stereocenters. The molecule has 5 nitrogen and oxygen atoms in total. The van der Waals surface area contributed by atoms with Crippen LogP contribution in [0.25, 0.3) is 0 Å². The zero-order chi connectivity index (χ0) is 12.0. The van der Waals surface area contributed by atoms with E-state index in [0.717, 1.165) is 12.8 Å². The number of hydrogen-bond donors (Lipinski definition) is 2. The Morgan fingerprint density at radius 3 is 2.53 bits per heavy atom. The third-order valence-electron chi connectivity index (χ3n) is 2.83. The highest BCUT2D eigenvalue weighted by Gasteiger charge is 2.14. The summed E-state index contributed by atoms with van der Waals surface area (Å²) in [6.07, 6.45) is 4.72. The van der Waals surface area contributed by atoms with Gasteiger partial charge in [-0.15, -0.1) is 24.0 Å². The second-order valence-electron chi connectivity index (χ2n) is 4.13. The largest absolute Gasteiger partial charge is 0.370 e. The van der Waals surface area contributed by atoms with Crippen molar-refractivity contribution in [3.05, 3.63) is 0 Å². The van der Waals surface area contributed by atoms with Gasteiger partial charge in [-0.3, -0.25) is 4.99 Å². The number of sulfone groups is 1. The summed E-state index contributed by atoms with van der Waals surface area (Å²) in [5.74, 6) is 0.618. The van der Waals surface area contributed by atoms with Crippen molar-refractivity contribution in [2.45, 2.75) is 38.6 Å². The van der Waals surface area contributed by atoms with Crippen LogP contribution >= 0.6 is 24.0 Å². The second-order valence-corrected chi connectivity index (χ2v) is 6.60. The van der Waals surface area contributed by atoms with Gasteiger partial charge in [-0.2, -0.15) is 0 Å². The van der Waals surface area contributed by atoms with Crippen LogP contribution in [0, 0.1) is 0 Å². The van der Waals surface area contributed by atoms with Gasteiger partial charge < -0.3 is 11.1 Å². The molecule has 0 heterocycles. The maximum Gasteiger partial charge on any atom is 0.188 e. The lowest BCUT2D eigenvalue weighted by atomic mass is 10.3. The topological polar surface area (TPSA) is 84.5 Å². The first-order valence-corrected chi connectivity index (χ1v) is 7.62. The molecular formula is C10H22IN3O2S. The van der Waals surface area contributed by atoms with Gasteiger partial charge in [0.1, 0.15) is 0 Å². The zero-order valence-electron chi connectivity index (χ0n) is 10.2. The number of aliphatic imine (C=N–C) groups is 1. The highest BCUT2D eigenvalue weighted by molar-refractivity contribution is 14.0. The number of guanidine groups is 1. The van der Waals surface area contributed by atoms with Crippen molar-refractivity contribution in [1.29, 1.82) is 0 Å². The molecule has 0 unspecified atom stereocenters. The molecule has 0 aromatic heterocycles. The molecule has 0 amide bonds. The number of rotatable bonds is 5. The van der Waals surface area contributed by atoms with Gasteiger partial charge in [-0.05, 0) is 12.8 Å². The molecule has 1 aliphatic rings. The highest BCUT2D eigenvalue weighted by Crippen LogP contribution is 2.17. The Hall–Kier alpha value is -0.0500. The van der Waals surface area contributed by atoms with Gasteiger partial charge in [-0.1, -0.05) is 19.8 Å². The summed E-state index contributed by atoms with van der Waals surface area (Å²) >= 11 is 0. The molecule has 0 spiro atoms. The Kier molecular flexibility index (Phi) is 8.10. The molecule has 0 radical (unpaired) electrons. The average molecular weight is 375 g/mol. The summed E-state index contributed by atoms with van der Waals surface area (Å²) in [6, 6.07) is 0.423. The van der Waals surface area contributed by atoms with E-state index in [2.05, 4.69) is 10.3 Å². The number of nitrogens with two attached hydrogens (primary N) is 1. The smallest absolute Gasteiger partial charge is 0.188 e. The Morgan fingerprint density at radius 1 is 1.41 bits per heavy atom. The molecule has 1 rings (SSSR count). The van der Waals surface area contributed by atoms with E-state index in [1.807, 2.05) is 0 Å². The predicted molar refractivity (Wildman–Crippen MR) is 81.6 cm³/mol. The quantitative estimate of drug-likeness (QED) is 0.425. The van der Waals surface area contributed by atoms with Crippen molar-refractivity contribution in [1.82, 2.24) is 5.32 Å². The minimum atomic E-state index is -2.93. The average Bonchev–Trinajstić information content (AvgIpc) is 2.70. The zero-order valence-corrected chi connectivity index (χ0v) is 13.3. The van der Waals surface area contributed by atoms with Crippen molar-refractivity contribution >= 4 is 39.8 Å². The van der Waals surface area contributed by atoms with Crippen molar-refractivity contribution in [2.24, 2.45) is 10.7 Å². The van der Waals surface area contributed by atoms with Crippen molar-refractivity contribution in [2.75, 3.05) is 18.1 Å².